The zero-order valence-corrected chi connectivity index (χ0v) is 10.2. The molecule has 6 heteroatoms. The summed E-state index contributed by atoms with van der Waals surface area (Å²) < 4.78 is 26.7. The highest BCUT2D eigenvalue weighted by atomic mass is 35.7. The Hall–Kier alpha value is -1.07. The van der Waals surface area contributed by atoms with Crippen molar-refractivity contribution in [3.8, 4) is 0 Å². The van der Waals surface area contributed by atoms with Crippen LogP contribution in [0.2, 0.25) is 0 Å². The number of halogens is 1. The molecule has 2 aromatic rings. The molecule has 0 fully saturated rings. The van der Waals surface area contributed by atoms with Crippen molar-refractivity contribution in [1.29, 1.82) is 0 Å². The van der Waals surface area contributed by atoms with Gasteiger partial charge in [0.15, 0.2) is 5.58 Å². The lowest BCUT2D eigenvalue weighted by molar-refractivity contribution is 0.450. The number of fused-ring (bicyclic) bond motifs is 1. The van der Waals surface area contributed by atoms with E-state index in [2.05, 4.69) is 5.16 Å². The van der Waals surface area contributed by atoms with E-state index in [0.717, 1.165) is 16.6 Å². The van der Waals surface area contributed by atoms with Crippen molar-refractivity contribution < 1.29 is 12.9 Å². The lowest BCUT2D eigenvalue weighted by Gasteiger charge is -1.98. The van der Waals surface area contributed by atoms with Gasteiger partial charge in [-0.25, -0.2) is 8.42 Å². The van der Waals surface area contributed by atoms with Crippen LogP contribution in [0.4, 0.5) is 0 Å². The van der Waals surface area contributed by atoms with Crippen LogP contribution in [0, 0.1) is 6.92 Å². The molecular weight excluding hydrogens is 250 g/mol. The van der Waals surface area contributed by atoms with Crippen molar-refractivity contribution >= 4 is 30.7 Å². The van der Waals surface area contributed by atoms with Crippen LogP contribution in [-0.2, 0) is 15.5 Å². The van der Waals surface area contributed by atoms with Crippen LogP contribution in [0.5, 0.6) is 0 Å². The summed E-state index contributed by atoms with van der Waals surface area (Å²) in [5.74, 6) is -0.0762. The Balaban J connectivity index is 2.26. The average Bonchev–Trinajstić information content (AvgIpc) is 2.56. The largest absolute Gasteiger partial charge is 0.356 e. The first-order chi connectivity index (χ1) is 7.46. The van der Waals surface area contributed by atoms with Crippen LogP contribution >= 0.6 is 10.7 Å². The monoisotopic (exact) mass is 259 g/mol. The molecule has 0 spiro atoms. The minimum Gasteiger partial charge on any atom is -0.356 e. The van der Waals surface area contributed by atoms with Gasteiger partial charge >= 0.3 is 0 Å². The fourth-order valence-corrected chi connectivity index (χ4v) is 2.21. The van der Waals surface area contributed by atoms with Gasteiger partial charge in [-0.05, 0) is 31.0 Å². The third kappa shape index (κ3) is 2.54. The van der Waals surface area contributed by atoms with Crippen LogP contribution in [-0.4, -0.2) is 19.3 Å². The van der Waals surface area contributed by atoms with E-state index < -0.39 is 9.05 Å². The molecule has 4 nitrogen and oxygen atoms in total. The minimum absolute atomic E-state index is 0.0762. The van der Waals surface area contributed by atoms with Crippen molar-refractivity contribution in [2.45, 2.75) is 13.3 Å². The molecule has 86 valence electrons. The summed E-state index contributed by atoms with van der Waals surface area (Å²) in [5.41, 5.74) is 2.36. The topological polar surface area (TPSA) is 60.2 Å². The quantitative estimate of drug-likeness (QED) is 0.793. The second kappa shape index (κ2) is 4.07. The van der Waals surface area contributed by atoms with E-state index in [9.17, 15) is 8.42 Å². The third-order valence-electron chi connectivity index (χ3n) is 2.35. The van der Waals surface area contributed by atoms with E-state index in [1.54, 1.807) is 6.07 Å². The van der Waals surface area contributed by atoms with Gasteiger partial charge in [-0.15, -0.1) is 0 Å². The van der Waals surface area contributed by atoms with Crippen molar-refractivity contribution in [2.75, 3.05) is 5.75 Å². The molecule has 2 rings (SSSR count). The normalized spacial score (nSPS) is 12.1. The van der Waals surface area contributed by atoms with Gasteiger partial charge in [0.1, 0.15) is 0 Å². The lowest BCUT2D eigenvalue weighted by Crippen LogP contribution is -2.00. The Morgan fingerprint density at radius 3 is 2.88 bits per heavy atom. The van der Waals surface area contributed by atoms with E-state index in [4.69, 9.17) is 15.2 Å². The van der Waals surface area contributed by atoms with E-state index in [-0.39, 0.29) is 5.75 Å². The lowest BCUT2D eigenvalue weighted by atomic mass is 10.1. The number of benzene rings is 1. The molecule has 0 saturated carbocycles. The van der Waals surface area contributed by atoms with E-state index >= 15 is 0 Å². The summed E-state index contributed by atoms with van der Waals surface area (Å²) in [4.78, 5) is 0. The average molecular weight is 260 g/mol. The molecule has 0 atom stereocenters. The fourth-order valence-electron chi connectivity index (χ4n) is 1.50. The minimum atomic E-state index is -3.44. The van der Waals surface area contributed by atoms with Crippen LogP contribution in [0.15, 0.2) is 22.7 Å². The van der Waals surface area contributed by atoms with E-state index in [0.29, 0.717) is 12.0 Å². The zero-order valence-electron chi connectivity index (χ0n) is 8.60. The Morgan fingerprint density at radius 1 is 1.44 bits per heavy atom. The van der Waals surface area contributed by atoms with Gasteiger partial charge in [-0.1, -0.05) is 11.2 Å². The van der Waals surface area contributed by atoms with Gasteiger partial charge in [0.25, 0.3) is 0 Å². The maximum Gasteiger partial charge on any atom is 0.232 e. The summed E-state index contributed by atoms with van der Waals surface area (Å²) in [7, 11) is 1.70. The van der Waals surface area contributed by atoms with Gasteiger partial charge in [0.2, 0.25) is 9.05 Å². The van der Waals surface area contributed by atoms with Crippen LogP contribution < -0.4 is 0 Å². The molecular formula is C10H10ClNO3S. The van der Waals surface area contributed by atoms with Gasteiger partial charge in [0.05, 0.1) is 11.4 Å². The summed E-state index contributed by atoms with van der Waals surface area (Å²) in [6, 6.07) is 5.52. The Labute approximate surface area is 97.6 Å². The number of hydrogen-bond donors (Lipinski definition) is 0. The van der Waals surface area contributed by atoms with Crippen molar-refractivity contribution in [3.05, 3.63) is 29.5 Å². The van der Waals surface area contributed by atoms with Gasteiger partial charge < -0.3 is 4.52 Å². The number of hydrogen-bond acceptors (Lipinski definition) is 4. The Bertz CT molecular complexity index is 618. The molecule has 0 aliphatic carbocycles. The molecule has 0 N–H and O–H groups in total. The number of nitrogens with zero attached hydrogens (tertiary/aromatic N) is 1. The SMILES string of the molecule is Cc1noc2cc(CCS(=O)(=O)Cl)ccc12. The van der Waals surface area contributed by atoms with Gasteiger partial charge in [-0.2, -0.15) is 0 Å². The Morgan fingerprint density at radius 2 is 2.19 bits per heavy atom. The van der Waals surface area contributed by atoms with Crippen molar-refractivity contribution in [2.24, 2.45) is 0 Å². The molecule has 0 aliphatic heterocycles. The van der Waals surface area contributed by atoms with Gasteiger partial charge in [-0.3, -0.25) is 0 Å². The highest BCUT2D eigenvalue weighted by Gasteiger charge is 2.08. The molecule has 0 amide bonds. The van der Waals surface area contributed by atoms with Crippen LogP contribution in [0.3, 0.4) is 0 Å². The molecule has 0 unspecified atom stereocenters. The van der Waals surface area contributed by atoms with Crippen molar-refractivity contribution in [3.63, 3.8) is 0 Å². The first-order valence-electron chi connectivity index (χ1n) is 4.73. The highest BCUT2D eigenvalue weighted by molar-refractivity contribution is 8.13. The fraction of sp³-hybridized carbons (Fsp3) is 0.300. The molecule has 16 heavy (non-hydrogen) atoms. The molecule has 0 aliphatic rings. The molecule has 0 saturated heterocycles. The van der Waals surface area contributed by atoms with Crippen LogP contribution in [0.25, 0.3) is 11.0 Å². The van der Waals surface area contributed by atoms with Gasteiger partial charge in [0, 0.05) is 16.1 Å². The summed E-state index contributed by atoms with van der Waals surface area (Å²) >= 11 is 0. The number of rotatable bonds is 3. The second-order valence-electron chi connectivity index (χ2n) is 3.59. The predicted octanol–water partition coefficient (Wildman–Crippen LogP) is 2.25. The number of aromatic nitrogens is 1. The van der Waals surface area contributed by atoms with E-state index in [1.807, 2.05) is 19.1 Å². The second-order valence-corrected chi connectivity index (χ2v) is 6.49. The summed E-state index contributed by atoms with van der Waals surface area (Å²) in [5, 5.41) is 4.77. The standard InChI is InChI=1S/C10H10ClNO3S/c1-7-9-3-2-8(4-5-16(11,13)14)6-10(9)15-12-7/h2-3,6H,4-5H2,1H3. The zero-order chi connectivity index (χ0) is 11.8. The first-order valence-corrected chi connectivity index (χ1v) is 7.21. The maximum absolute atomic E-state index is 10.8. The number of aryl methyl sites for hydroxylation is 2. The molecule has 1 heterocycles. The third-order valence-corrected chi connectivity index (χ3v) is 3.51. The predicted molar refractivity (Wildman–Crippen MR) is 62.1 cm³/mol. The van der Waals surface area contributed by atoms with Crippen molar-refractivity contribution in [1.82, 2.24) is 5.16 Å². The Kier molecular flexibility index (Phi) is 2.90. The molecule has 1 aromatic heterocycles. The molecule has 0 bridgehead atoms. The molecule has 1 aromatic carbocycles. The van der Waals surface area contributed by atoms with E-state index in [1.165, 1.54) is 0 Å². The first kappa shape index (κ1) is 11.4. The summed E-state index contributed by atoms with van der Waals surface area (Å²) in [6.45, 7) is 1.86. The summed E-state index contributed by atoms with van der Waals surface area (Å²) in [6.07, 6.45) is 0.377. The maximum atomic E-state index is 10.8. The smallest absolute Gasteiger partial charge is 0.232 e. The highest BCUT2D eigenvalue weighted by Crippen LogP contribution is 2.19. The van der Waals surface area contributed by atoms with Crippen LogP contribution in [0.1, 0.15) is 11.3 Å². The molecule has 0 radical (unpaired) electrons.